The Hall–Kier alpha value is -2.76. The number of nitrogens with one attached hydrogen (secondary N) is 1. The minimum atomic E-state index is -0.0548. The van der Waals surface area contributed by atoms with E-state index < -0.39 is 0 Å². The fourth-order valence-electron chi connectivity index (χ4n) is 3.24. The van der Waals surface area contributed by atoms with Crippen molar-refractivity contribution in [1.82, 2.24) is 4.90 Å². The van der Waals surface area contributed by atoms with Gasteiger partial charge < -0.3 is 19.5 Å². The van der Waals surface area contributed by atoms with Gasteiger partial charge in [0, 0.05) is 44.0 Å². The third-order valence-corrected chi connectivity index (χ3v) is 4.82. The Labute approximate surface area is 160 Å². The molecule has 1 fully saturated rings. The summed E-state index contributed by atoms with van der Waals surface area (Å²) < 4.78 is 5.20. The Balaban J connectivity index is 1.48. The van der Waals surface area contributed by atoms with E-state index in [1.807, 2.05) is 29.2 Å². The van der Waals surface area contributed by atoms with Crippen LogP contribution in [0.25, 0.3) is 0 Å². The normalized spacial score (nSPS) is 14.3. The van der Waals surface area contributed by atoms with Crippen molar-refractivity contribution in [3.8, 4) is 0 Å². The molecule has 1 aromatic heterocycles. The summed E-state index contributed by atoms with van der Waals surface area (Å²) in [5.41, 5.74) is 1.93. The standard InChI is InChI=1S/C21H27N3O3/c1-2-3-4-7-20(25)22-17-8-10-18(11-9-17)23-12-14-24(15-13-23)21(26)19-6-5-16-27-19/h5-6,8-11,16H,2-4,7,12-15H2,1H3,(H,22,25). The summed E-state index contributed by atoms with van der Waals surface area (Å²) in [5, 5.41) is 2.95. The molecular formula is C21H27N3O3. The quantitative estimate of drug-likeness (QED) is 0.755. The third kappa shape index (κ3) is 5.12. The van der Waals surface area contributed by atoms with Crippen LogP contribution in [0.5, 0.6) is 0 Å². The van der Waals surface area contributed by atoms with Crippen molar-refractivity contribution < 1.29 is 14.0 Å². The fraction of sp³-hybridized carbons (Fsp3) is 0.429. The van der Waals surface area contributed by atoms with Gasteiger partial charge in [0.2, 0.25) is 5.91 Å². The van der Waals surface area contributed by atoms with Gasteiger partial charge in [-0.05, 0) is 42.8 Å². The van der Waals surface area contributed by atoms with Crippen LogP contribution in [0.2, 0.25) is 0 Å². The maximum Gasteiger partial charge on any atom is 0.289 e. The van der Waals surface area contributed by atoms with Crippen molar-refractivity contribution in [2.24, 2.45) is 0 Å². The summed E-state index contributed by atoms with van der Waals surface area (Å²) in [4.78, 5) is 28.3. The molecule has 1 N–H and O–H groups in total. The highest BCUT2D eigenvalue weighted by molar-refractivity contribution is 5.92. The maximum absolute atomic E-state index is 12.3. The monoisotopic (exact) mass is 369 g/mol. The van der Waals surface area contributed by atoms with E-state index in [1.54, 1.807) is 12.1 Å². The number of furan rings is 1. The second-order valence-electron chi connectivity index (χ2n) is 6.81. The summed E-state index contributed by atoms with van der Waals surface area (Å²) in [7, 11) is 0. The van der Waals surface area contributed by atoms with E-state index in [0.29, 0.717) is 25.3 Å². The van der Waals surface area contributed by atoms with Crippen molar-refractivity contribution in [1.29, 1.82) is 0 Å². The highest BCUT2D eigenvalue weighted by Gasteiger charge is 2.23. The Morgan fingerprint density at radius 1 is 1.04 bits per heavy atom. The number of benzene rings is 1. The summed E-state index contributed by atoms with van der Waals surface area (Å²) >= 11 is 0. The number of rotatable bonds is 7. The van der Waals surface area contributed by atoms with Crippen molar-refractivity contribution in [2.75, 3.05) is 36.4 Å². The van der Waals surface area contributed by atoms with Gasteiger partial charge in [-0.1, -0.05) is 19.8 Å². The lowest BCUT2D eigenvalue weighted by Gasteiger charge is -2.35. The molecule has 0 unspecified atom stereocenters. The lowest BCUT2D eigenvalue weighted by Crippen LogP contribution is -2.48. The summed E-state index contributed by atoms with van der Waals surface area (Å²) in [6.07, 6.45) is 5.22. The van der Waals surface area contributed by atoms with Crippen molar-refractivity contribution >= 4 is 23.2 Å². The molecule has 0 spiro atoms. The molecule has 6 heteroatoms. The number of unbranched alkanes of at least 4 members (excludes halogenated alkanes) is 2. The van der Waals surface area contributed by atoms with Gasteiger partial charge in [-0.25, -0.2) is 0 Å². The number of hydrogen-bond donors (Lipinski definition) is 1. The molecule has 2 amide bonds. The second kappa shape index (κ2) is 9.26. The van der Waals surface area contributed by atoms with Gasteiger partial charge in [0.1, 0.15) is 0 Å². The zero-order valence-electron chi connectivity index (χ0n) is 15.8. The molecule has 1 aliphatic heterocycles. The first-order valence-electron chi connectivity index (χ1n) is 9.65. The number of hydrogen-bond acceptors (Lipinski definition) is 4. The molecule has 1 saturated heterocycles. The molecule has 6 nitrogen and oxygen atoms in total. The zero-order chi connectivity index (χ0) is 19.1. The van der Waals surface area contributed by atoms with Gasteiger partial charge >= 0.3 is 0 Å². The van der Waals surface area contributed by atoms with Gasteiger partial charge in [-0.15, -0.1) is 0 Å². The van der Waals surface area contributed by atoms with Gasteiger partial charge in [0.25, 0.3) is 5.91 Å². The van der Waals surface area contributed by atoms with Crippen LogP contribution in [-0.2, 0) is 4.79 Å². The van der Waals surface area contributed by atoms with Crippen LogP contribution in [0.15, 0.2) is 47.1 Å². The number of nitrogens with zero attached hydrogens (tertiary/aromatic N) is 2. The van der Waals surface area contributed by atoms with Gasteiger partial charge in [0.15, 0.2) is 5.76 Å². The van der Waals surface area contributed by atoms with Gasteiger partial charge in [-0.3, -0.25) is 9.59 Å². The fourth-order valence-corrected chi connectivity index (χ4v) is 3.24. The van der Waals surface area contributed by atoms with Crippen LogP contribution in [0, 0.1) is 0 Å². The highest BCUT2D eigenvalue weighted by Crippen LogP contribution is 2.20. The molecule has 144 valence electrons. The minimum Gasteiger partial charge on any atom is -0.459 e. The van der Waals surface area contributed by atoms with Crippen LogP contribution >= 0.6 is 0 Å². The first kappa shape index (κ1) is 19.0. The lowest BCUT2D eigenvalue weighted by molar-refractivity contribution is -0.116. The van der Waals surface area contributed by atoms with Crippen LogP contribution < -0.4 is 10.2 Å². The predicted octanol–water partition coefficient (Wildman–Crippen LogP) is 3.76. The first-order chi connectivity index (χ1) is 13.2. The SMILES string of the molecule is CCCCCC(=O)Nc1ccc(N2CCN(C(=O)c3ccco3)CC2)cc1. The Kier molecular flexibility index (Phi) is 6.52. The predicted molar refractivity (Wildman–Crippen MR) is 106 cm³/mol. The summed E-state index contributed by atoms with van der Waals surface area (Å²) in [6.45, 7) is 5.00. The van der Waals surface area contributed by atoms with E-state index >= 15 is 0 Å². The Morgan fingerprint density at radius 3 is 2.41 bits per heavy atom. The number of anilines is 2. The van der Waals surface area contributed by atoms with E-state index in [9.17, 15) is 9.59 Å². The smallest absolute Gasteiger partial charge is 0.289 e. The van der Waals surface area contributed by atoms with Crippen LogP contribution in [0.4, 0.5) is 11.4 Å². The lowest BCUT2D eigenvalue weighted by atomic mass is 10.2. The van der Waals surface area contributed by atoms with Crippen LogP contribution in [0.1, 0.15) is 43.2 Å². The summed E-state index contributed by atoms with van der Waals surface area (Å²) in [6, 6.07) is 11.3. The number of carbonyl (C=O) groups excluding carboxylic acids is 2. The van der Waals surface area contributed by atoms with E-state index in [0.717, 1.165) is 43.7 Å². The number of carbonyl (C=O) groups is 2. The van der Waals surface area contributed by atoms with Crippen molar-refractivity contribution in [3.05, 3.63) is 48.4 Å². The molecule has 27 heavy (non-hydrogen) atoms. The first-order valence-corrected chi connectivity index (χ1v) is 9.65. The summed E-state index contributed by atoms with van der Waals surface area (Å²) in [5.74, 6) is 0.407. The van der Waals surface area contributed by atoms with Crippen molar-refractivity contribution in [3.63, 3.8) is 0 Å². The molecule has 1 aromatic carbocycles. The molecule has 1 aliphatic rings. The average molecular weight is 369 g/mol. The molecule has 2 heterocycles. The molecular weight excluding hydrogens is 342 g/mol. The Bertz CT molecular complexity index is 733. The molecule has 2 aromatic rings. The van der Waals surface area contributed by atoms with E-state index in [4.69, 9.17) is 4.42 Å². The maximum atomic E-state index is 12.3. The molecule has 0 radical (unpaired) electrons. The molecule has 0 bridgehead atoms. The molecule has 0 aliphatic carbocycles. The molecule has 0 saturated carbocycles. The average Bonchev–Trinajstić information content (AvgIpc) is 3.23. The van der Waals surface area contributed by atoms with Crippen molar-refractivity contribution in [2.45, 2.75) is 32.6 Å². The van der Waals surface area contributed by atoms with Gasteiger partial charge in [0.05, 0.1) is 6.26 Å². The minimum absolute atomic E-state index is 0.0548. The van der Waals surface area contributed by atoms with Gasteiger partial charge in [-0.2, -0.15) is 0 Å². The van der Waals surface area contributed by atoms with Crippen LogP contribution in [0.3, 0.4) is 0 Å². The topological polar surface area (TPSA) is 65.8 Å². The number of amides is 2. The third-order valence-electron chi connectivity index (χ3n) is 4.82. The molecule has 3 rings (SSSR count). The zero-order valence-corrected chi connectivity index (χ0v) is 15.8. The van der Waals surface area contributed by atoms with Crippen LogP contribution in [-0.4, -0.2) is 42.9 Å². The second-order valence-corrected chi connectivity index (χ2v) is 6.81. The molecule has 0 atom stereocenters. The van der Waals surface area contributed by atoms with E-state index in [-0.39, 0.29) is 11.8 Å². The van der Waals surface area contributed by atoms with E-state index in [2.05, 4.69) is 17.1 Å². The number of piperazine rings is 1. The highest BCUT2D eigenvalue weighted by atomic mass is 16.3. The largest absolute Gasteiger partial charge is 0.459 e. The van der Waals surface area contributed by atoms with E-state index in [1.165, 1.54) is 6.26 Å². The Morgan fingerprint density at radius 2 is 1.78 bits per heavy atom.